The summed E-state index contributed by atoms with van der Waals surface area (Å²) in [5.41, 5.74) is 0.922. The lowest BCUT2D eigenvalue weighted by Gasteiger charge is -2.52. The zero-order chi connectivity index (χ0) is 18.0. The average molecular weight is 344 g/mol. The van der Waals surface area contributed by atoms with E-state index >= 15 is 0 Å². The highest BCUT2D eigenvalue weighted by atomic mass is 16.6. The number of amides is 1. The molecule has 0 aromatic heterocycles. The first kappa shape index (κ1) is 18.2. The molecule has 0 saturated carbocycles. The van der Waals surface area contributed by atoms with Crippen LogP contribution in [0.5, 0.6) is 0 Å². The predicted octanol–water partition coefficient (Wildman–Crippen LogP) is 4.44. The van der Waals surface area contributed by atoms with Gasteiger partial charge in [-0.3, -0.25) is 4.90 Å². The quantitative estimate of drug-likeness (QED) is 0.813. The van der Waals surface area contributed by atoms with E-state index in [9.17, 15) is 4.79 Å². The summed E-state index contributed by atoms with van der Waals surface area (Å²) in [7, 11) is 0. The Labute approximate surface area is 152 Å². The van der Waals surface area contributed by atoms with Crippen LogP contribution in [0.1, 0.15) is 58.9 Å². The van der Waals surface area contributed by atoms with Crippen molar-refractivity contribution in [2.24, 2.45) is 0 Å². The number of ether oxygens (including phenoxy) is 1. The molecule has 4 nitrogen and oxygen atoms in total. The maximum absolute atomic E-state index is 12.5. The number of benzene rings is 1. The van der Waals surface area contributed by atoms with Crippen LogP contribution in [0.15, 0.2) is 30.3 Å². The van der Waals surface area contributed by atoms with Crippen molar-refractivity contribution in [3.63, 3.8) is 0 Å². The minimum absolute atomic E-state index is 0.151. The van der Waals surface area contributed by atoms with Gasteiger partial charge in [0.15, 0.2) is 0 Å². The summed E-state index contributed by atoms with van der Waals surface area (Å²) in [4.78, 5) is 17.1. The van der Waals surface area contributed by atoms with Crippen molar-refractivity contribution in [3.8, 4) is 0 Å². The number of hydrogen-bond acceptors (Lipinski definition) is 3. The molecule has 0 N–H and O–H groups in total. The lowest BCUT2D eigenvalue weighted by atomic mass is 9.85. The van der Waals surface area contributed by atoms with Crippen LogP contribution in [0.4, 0.5) is 4.79 Å². The first-order valence-corrected chi connectivity index (χ1v) is 9.64. The fraction of sp³-hybridized carbons (Fsp3) is 0.667. The summed E-state index contributed by atoms with van der Waals surface area (Å²) in [6.45, 7) is 9.92. The van der Waals surface area contributed by atoms with E-state index in [0.29, 0.717) is 18.1 Å². The molecule has 138 valence electrons. The van der Waals surface area contributed by atoms with E-state index in [2.05, 4.69) is 42.2 Å². The number of nitrogens with zero attached hydrogens (tertiary/aromatic N) is 2. The standard InChI is InChI=1S/C21H32N2O2/c1-16-9-8-12-18(23(16)15-17-10-6-5-7-11-17)19-13-14-22(19)20(24)25-21(2,3)4/h5-7,10-11,16,18-19H,8-9,12-15H2,1-4H3. The molecule has 2 heterocycles. The number of hydrogen-bond donors (Lipinski definition) is 0. The normalized spacial score (nSPS) is 27.7. The number of piperidine rings is 1. The van der Waals surface area contributed by atoms with E-state index in [1.807, 2.05) is 25.7 Å². The monoisotopic (exact) mass is 344 g/mol. The van der Waals surface area contributed by atoms with Gasteiger partial charge in [-0.15, -0.1) is 0 Å². The van der Waals surface area contributed by atoms with Gasteiger partial charge in [0.25, 0.3) is 0 Å². The molecule has 0 aliphatic carbocycles. The third-order valence-electron chi connectivity index (χ3n) is 5.46. The third-order valence-corrected chi connectivity index (χ3v) is 5.46. The topological polar surface area (TPSA) is 32.8 Å². The highest BCUT2D eigenvalue weighted by Crippen LogP contribution is 2.34. The molecule has 3 atom stereocenters. The molecule has 2 saturated heterocycles. The Morgan fingerprint density at radius 2 is 1.84 bits per heavy atom. The van der Waals surface area contributed by atoms with Crippen LogP contribution in [-0.4, -0.2) is 46.2 Å². The van der Waals surface area contributed by atoms with Crippen molar-refractivity contribution >= 4 is 6.09 Å². The zero-order valence-electron chi connectivity index (χ0n) is 16.1. The third kappa shape index (κ3) is 4.35. The summed E-state index contributed by atoms with van der Waals surface area (Å²) >= 11 is 0. The zero-order valence-corrected chi connectivity index (χ0v) is 16.1. The molecule has 1 amide bonds. The Morgan fingerprint density at radius 3 is 2.44 bits per heavy atom. The molecule has 3 unspecified atom stereocenters. The summed E-state index contributed by atoms with van der Waals surface area (Å²) in [6, 6.07) is 12.0. The predicted molar refractivity (Wildman–Crippen MR) is 100 cm³/mol. The van der Waals surface area contributed by atoms with Gasteiger partial charge in [0.2, 0.25) is 0 Å². The molecule has 0 spiro atoms. The SMILES string of the molecule is CC1CCCC(C2CCN2C(=O)OC(C)(C)C)N1Cc1ccccc1. The van der Waals surface area contributed by atoms with Crippen molar-refractivity contribution in [1.82, 2.24) is 9.80 Å². The highest BCUT2D eigenvalue weighted by Gasteiger charge is 2.44. The molecule has 2 aliphatic rings. The number of rotatable bonds is 3. The van der Waals surface area contributed by atoms with E-state index < -0.39 is 5.60 Å². The van der Waals surface area contributed by atoms with Crippen LogP contribution in [0, 0.1) is 0 Å². The van der Waals surface area contributed by atoms with E-state index in [1.54, 1.807) is 0 Å². The second kappa shape index (κ2) is 7.36. The lowest BCUT2D eigenvalue weighted by molar-refractivity contribution is -0.0463. The van der Waals surface area contributed by atoms with Gasteiger partial charge in [0, 0.05) is 25.2 Å². The second-order valence-electron chi connectivity index (χ2n) is 8.53. The Balaban J connectivity index is 1.71. The molecular formula is C21H32N2O2. The maximum atomic E-state index is 12.5. The van der Waals surface area contributed by atoms with E-state index in [4.69, 9.17) is 4.74 Å². The molecule has 0 bridgehead atoms. The van der Waals surface area contributed by atoms with Gasteiger partial charge in [-0.05, 0) is 52.5 Å². The van der Waals surface area contributed by atoms with Gasteiger partial charge < -0.3 is 9.64 Å². The van der Waals surface area contributed by atoms with Crippen molar-refractivity contribution in [1.29, 1.82) is 0 Å². The molecule has 2 aliphatic heterocycles. The maximum Gasteiger partial charge on any atom is 0.410 e. The molecule has 2 fully saturated rings. The fourth-order valence-electron chi connectivity index (χ4n) is 4.12. The molecule has 1 aromatic carbocycles. The first-order chi connectivity index (χ1) is 11.8. The summed E-state index contributed by atoms with van der Waals surface area (Å²) < 4.78 is 5.61. The molecule has 1 aromatic rings. The summed E-state index contributed by atoms with van der Waals surface area (Å²) in [6.07, 6.45) is 4.59. The van der Waals surface area contributed by atoms with Crippen LogP contribution in [0.3, 0.4) is 0 Å². The van der Waals surface area contributed by atoms with Crippen LogP contribution < -0.4 is 0 Å². The van der Waals surface area contributed by atoms with Crippen molar-refractivity contribution in [2.45, 2.75) is 83.6 Å². The van der Waals surface area contributed by atoms with Gasteiger partial charge in [0.1, 0.15) is 5.60 Å². The Hall–Kier alpha value is -1.55. The van der Waals surface area contributed by atoms with Crippen LogP contribution in [0.2, 0.25) is 0 Å². The van der Waals surface area contributed by atoms with Crippen molar-refractivity contribution < 1.29 is 9.53 Å². The minimum atomic E-state index is -0.430. The van der Waals surface area contributed by atoms with Gasteiger partial charge in [-0.1, -0.05) is 36.8 Å². The number of carbonyl (C=O) groups is 1. The highest BCUT2D eigenvalue weighted by molar-refractivity contribution is 5.69. The van der Waals surface area contributed by atoms with Gasteiger partial charge in [-0.2, -0.15) is 0 Å². The fourth-order valence-corrected chi connectivity index (χ4v) is 4.12. The van der Waals surface area contributed by atoms with Crippen LogP contribution in [0.25, 0.3) is 0 Å². The minimum Gasteiger partial charge on any atom is -0.444 e. The van der Waals surface area contributed by atoms with Crippen LogP contribution >= 0.6 is 0 Å². The summed E-state index contributed by atoms with van der Waals surface area (Å²) in [5, 5.41) is 0. The molecule has 3 rings (SSSR count). The van der Waals surface area contributed by atoms with E-state index in [0.717, 1.165) is 19.5 Å². The number of carbonyl (C=O) groups excluding carboxylic acids is 1. The van der Waals surface area contributed by atoms with Crippen molar-refractivity contribution in [3.05, 3.63) is 35.9 Å². The molecule has 0 radical (unpaired) electrons. The second-order valence-corrected chi connectivity index (χ2v) is 8.53. The van der Waals surface area contributed by atoms with E-state index in [-0.39, 0.29) is 6.09 Å². The number of likely N-dealkylation sites (tertiary alicyclic amines) is 2. The lowest BCUT2D eigenvalue weighted by Crippen LogP contribution is -2.63. The first-order valence-electron chi connectivity index (χ1n) is 9.64. The largest absolute Gasteiger partial charge is 0.444 e. The summed E-state index contributed by atoms with van der Waals surface area (Å²) in [5.74, 6) is 0. The Bertz CT molecular complexity index is 581. The Morgan fingerprint density at radius 1 is 1.12 bits per heavy atom. The average Bonchev–Trinajstić information content (AvgIpc) is 2.48. The van der Waals surface area contributed by atoms with Gasteiger partial charge in [-0.25, -0.2) is 4.79 Å². The Kier molecular flexibility index (Phi) is 5.38. The molecule has 25 heavy (non-hydrogen) atoms. The van der Waals surface area contributed by atoms with Gasteiger partial charge >= 0.3 is 6.09 Å². The van der Waals surface area contributed by atoms with Crippen LogP contribution in [-0.2, 0) is 11.3 Å². The van der Waals surface area contributed by atoms with Crippen molar-refractivity contribution in [2.75, 3.05) is 6.54 Å². The molecular weight excluding hydrogens is 312 g/mol. The molecule has 4 heteroatoms. The van der Waals surface area contributed by atoms with Gasteiger partial charge in [0.05, 0.1) is 6.04 Å². The van der Waals surface area contributed by atoms with E-state index in [1.165, 1.54) is 24.8 Å². The smallest absolute Gasteiger partial charge is 0.410 e.